The van der Waals surface area contributed by atoms with E-state index in [1.807, 2.05) is 19.1 Å². The van der Waals surface area contributed by atoms with E-state index in [0.29, 0.717) is 11.4 Å². The zero-order valence-electron chi connectivity index (χ0n) is 7.63. The highest BCUT2D eigenvalue weighted by molar-refractivity contribution is 6.30. The Morgan fingerprint density at radius 1 is 1.38 bits per heavy atom. The summed E-state index contributed by atoms with van der Waals surface area (Å²) < 4.78 is 0. The average molecular weight is 200 g/mol. The van der Waals surface area contributed by atoms with Crippen LogP contribution in [-0.2, 0) is 5.54 Å². The highest BCUT2D eigenvalue weighted by atomic mass is 35.5. The predicted octanol–water partition coefficient (Wildman–Crippen LogP) is 1.90. The largest absolute Gasteiger partial charge is 0.396 e. The first-order valence-electron chi connectivity index (χ1n) is 4.22. The molecule has 13 heavy (non-hydrogen) atoms. The monoisotopic (exact) mass is 199 g/mol. The van der Waals surface area contributed by atoms with Crippen LogP contribution in [0.3, 0.4) is 0 Å². The maximum atomic E-state index is 8.81. The van der Waals surface area contributed by atoms with Crippen LogP contribution in [0.5, 0.6) is 0 Å². The third kappa shape index (κ3) is 2.69. The van der Waals surface area contributed by atoms with Gasteiger partial charge in [0.1, 0.15) is 0 Å². The van der Waals surface area contributed by atoms with Crippen LogP contribution in [0.2, 0.25) is 5.02 Å². The van der Waals surface area contributed by atoms with Crippen molar-refractivity contribution < 1.29 is 5.11 Å². The van der Waals surface area contributed by atoms with E-state index in [2.05, 4.69) is 0 Å². The van der Waals surface area contributed by atoms with Gasteiger partial charge in [0.2, 0.25) is 0 Å². The molecule has 0 heterocycles. The normalized spacial score (nSPS) is 15.4. The lowest BCUT2D eigenvalue weighted by Crippen LogP contribution is -2.33. The Bertz CT molecular complexity index is 269. The third-order valence-corrected chi connectivity index (χ3v) is 2.39. The van der Waals surface area contributed by atoms with Gasteiger partial charge < -0.3 is 10.8 Å². The molecule has 1 rings (SSSR count). The Kier molecular flexibility index (Phi) is 3.31. The van der Waals surface area contributed by atoms with Gasteiger partial charge in [-0.25, -0.2) is 0 Å². The number of hydrogen-bond acceptors (Lipinski definition) is 2. The second-order valence-electron chi connectivity index (χ2n) is 3.40. The number of nitrogens with two attached hydrogens (primary N) is 1. The van der Waals surface area contributed by atoms with E-state index >= 15 is 0 Å². The van der Waals surface area contributed by atoms with Crippen molar-refractivity contribution in [3.63, 3.8) is 0 Å². The van der Waals surface area contributed by atoms with E-state index in [1.165, 1.54) is 0 Å². The molecule has 0 fully saturated rings. The fourth-order valence-electron chi connectivity index (χ4n) is 1.21. The van der Waals surface area contributed by atoms with E-state index in [1.54, 1.807) is 12.1 Å². The SMILES string of the molecule is C[C@@](N)(CCO)c1ccc(Cl)cc1. The third-order valence-electron chi connectivity index (χ3n) is 2.13. The van der Waals surface area contributed by atoms with Crippen LogP contribution < -0.4 is 5.73 Å². The Labute approximate surface area is 83.3 Å². The fourth-order valence-corrected chi connectivity index (χ4v) is 1.33. The van der Waals surface area contributed by atoms with E-state index in [-0.39, 0.29) is 6.61 Å². The van der Waals surface area contributed by atoms with Crippen molar-refractivity contribution >= 4 is 11.6 Å². The second kappa shape index (κ2) is 4.09. The number of halogens is 1. The van der Waals surface area contributed by atoms with Gasteiger partial charge in [-0.15, -0.1) is 0 Å². The summed E-state index contributed by atoms with van der Waals surface area (Å²) in [5.41, 5.74) is 6.51. The molecule has 0 bridgehead atoms. The van der Waals surface area contributed by atoms with Crippen LogP contribution >= 0.6 is 11.6 Å². The molecule has 0 unspecified atom stereocenters. The quantitative estimate of drug-likeness (QED) is 0.781. The summed E-state index contributed by atoms with van der Waals surface area (Å²) in [5, 5.41) is 9.51. The minimum atomic E-state index is -0.473. The van der Waals surface area contributed by atoms with Crippen LogP contribution in [0.1, 0.15) is 18.9 Å². The van der Waals surface area contributed by atoms with Crippen molar-refractivity contribution in [2.24, 2.45) is 5.73 Å². The molecule has 0 amide bonds. The molecule has 0 aliphatic heterocycles. The summed E-state index contributed by atoms with van der Waals surface area (Å²) in [6, 6.07) is 7.38. The first kappa shape index (κ1) is 10.5. The molecule has 72 valence electrons. The second-order valence-corrected chi connectivity index (χ2v) is 3.83. The van der Waals surface area contributed by atoms with Gasteiger partial charge in [0, 0.05) is 17.2 Å². The molecule has 2 nitrogen and oxygen atoms in total. The standard InChI is InChI=1S/C10H14ClNO/c1-10(12,6-7-13)8-2-4-9(11)5-3-8/h2-5,13H,6-7,12H2,1H3/t10-/m1/s1. The van der Waals surface area contributed by atoms with Crippen LogP contribution in [0.4, 0.5) is 0 Å². The van der Waals surface area contributed by atoms with Gasteiger partial charge in [0.15, 0.2) is 0 Å². The van der Waals surface area contributed by atoms with Crippen molar-refractivity contribution in [2.45, 2.75) is 18.9 Å². The maximum Gasteiger partial charge on any atom is 0.0451 e. The predicted molar refractivity (Wildman–Crippen MR) is 54.7 cm³/mol. The molecule has 3 N–H and O–H groups in total. The molecule has 3 heteroatoms. The molecule has 1 aromatic carbocycles. The summed E-state index contributed by atoms with van der Waals surface area (Å²) >= 11 is 5.75. The lowest BCUT2D eigenvalue weighted by atomic mass is 9.90. The molecule has 0 radical (unpaired) electrons. The highest BCUT2D eigenvalue weighted by Gasteiger charge is 2.19. The summed E-state index contributed by atoms with van der Waals surface area (Å²) in [6.45, 7) is 1.99. The average Bonchev–Trinajstić information content (AvgIpc) is 2.05. The minimum Gasteiger partial charge on any atom is -0.396 e. The molecular formula is C10H14ClNO. The van der Waals surface area contributed by atoms with Crippen molar-refractivity contribution in [1.82, 2.24) is 0 Å². The van der Waals surface area contributed by atoms with Gasteiger partial charge in [0.25, 0.3) is 0 Å². The zero-order valence-corrected chi connectivity index (χ0v) is 8.38. The van der Waals surface area contributed by atoms with E-state index in [9.17, 15) is 0 Å². The van der Waals surface area contributed by atoms with Crippen LogP contribution in [0, 0.1) is 0 Å². The number of hydrogen-bond donors (Lipinski definition) is 2. The molecule has 1 aromatic rings. The number of rotatable bonds is 3. The van der Waals surface area contributed by atoms with Crippen LogP contribution in [0.15, 0.2) is 24.3 Å². The molecule has 0 saturated carbocycles. The Balaban J connectivity index is 2.87. The van der Waals surface area contributed by atoms with Gasteiger partial charge in [-0.05, 0) is 31.0 Å². The van der Waals surface area contributed by atoms with Gasteiger partial charge in [-0.2, -0.15) is 0 Å². The number of aliphatic hydroxyl groups is 1. The summed E-state index contributed by atoms with van der Waals surface area (Å²) in [4.78, 5) is 0. The van der Waals surface area contributed by atoms with Gasteiger partial charge in [-0.3, -0.25) is 0 Å². The zero-order chi connectivity index (χ0) is 9.90. The Hall–Kier alpha value is -0.570. The van der Waals surface area contributed by atoms with E-state index in [4.69, 9.17) is 22.4 Å². The molecule has 0 aliphatic rings. The Morgan fingerprint density at radius 3 is 2.38 bits per heavy atom. The minimum absolute atomic E-state index is 0.0929. The summed E-state index contributed by atoms with van der Waals surface area (Å²) in [5.74, 6) is 0. The highest BCUT2D eigenvalue weighted by Crippen LogP contribution is 2.22. The molecular weight excluding hydrogens is 186 g/mol. The fraction of sp³-hybridized carbons (Fsp3) is 0.400. The smallest absolute Gasteiger partial charge is 0.0451 e. The molecule has 0 saturated heterocycles. The van der Waals surface area contributed by atoms with Gasteiger partial charge >= 0.3 is 0 Å². The van der Waals surface area contributed by atoms with E-state index in [0.717, 1.165) is 5.56 Å². The Morgan fingerprint density at radius 2 is 1.92 bits per heavy atom. The van der Waals surface area contributed by atoms with Crippen molar-refractivity contribution in [3.8, 4) is 0 Å². The van der Waals surface area contributed by atoms with Crippen molar-refractivity contribution in [2.75, 3.05) is 6.61 Å². The number of benzene rings is 1. The maximum absolute atomic E-state index is 8.81. The van der Waals surface area contributed by atoms with Gasteiger partial charge in [-0.1, -0.05) is 23.7 Å². The molecule has 0 aliphatic carbocycles. The van der Waals surface area contributed by atoms with Gasteiger partial charge in [0.05, 0.1) is 0 Å². The molecule has 0 aromatic heterocycles. The first-order chi connectivity index (χ1) is 6.06. The lowest BCUT2D eigenvalue weighted by molar-refractivity contribution is 0.247. The topological polar surface area (TPSA) is 46.2 Å². The first-order valence-corrected chi connectivity index (χ1v) is 4.60. The molecule has 0 spiro atoms. The number of aliphatic hydroxyl groups excluding tert-OH is 1. The summed E-state index contributed by atoms with van der Waals surface area (Å²) in [7, 11) is 0. The van der Waals surface area contributed by atoms with E-state index < -0.39 is 5.54 Å². The van der Waals surface area contributed by atoms with Crippen LogP contribution in [0.25, 0.3) is 0 Å². The van der Waals surface area contributed by atoms with Crippen molar-refractivity contribution in [3.05, 3.63) is 34.9 Å². The van der Waals surface area contributed by atoms with Crippen molar-refractivity contribution in [1.29, 1.82) is 0 Å². The summed E-state index contributed by atoms with van der Waals surface area (Å²) in [6.07, 6.45) is 0.550. The van der Waals surface area contributed by atoms with Crippen LogP contribution in [-0.4, -0.2) is 11.7 Å². The molecule has 1 atom stereocenters. The lowest BCUT2D eigenvalue weighted by Gasteiger charge is -2.24.